The molecule has 0 aliphatic heterocycles. The Balaban J connectivity index is 1.44. The van der Waals surface area contributed by atoms with Gasteiger partial charge in [0, 0.05) is 11.6 Å². The Hall–Kier alpha value is -3.23. The number of carbonyl (C=O) groups excluding carboxylic acids is 1. The lowest BCUT2D eigenvalue weighted by Crippen LogP contribution is -2.20. The Morgan fingerprint density at radius 3 is 2.71 bits per heavy atom. The lowest BCUT2D eigenvalue weighted by molar-refractivity contribution is 0.262. The lowest BCUT2D eigenvalue weighted by atomic mass is 10.2. The summed E-state index contributed by atoms with van der Waals surface area (Å²) in [5, 5.41) is 20.5. The minimum Gasteiger partial charge on any atom is -0.359 e. The first kappa shape index (κ1) is 14.4. The van der Waals surface area contributed by atoms with Gasteiger partial charge in [0.2, 0.25) is 0 Å². The van der Waals surface area contributed by atoms with Crippen LogP contribution in [0.15, 0.2) is 35.1 Å². The molecule has 24 heavy (non-hydrogen) atoms. The largest absolute Gasteiger partial charge is 0.359 e. The number of urea groups is 1. The number of amides is 2. The first-order valence-electron chi connectivity index (χ1n) is 7.58. The highest BCUT2D eigenvalue weighted by atomic mass is 16.5. The van der Waals surface area contributed by atoms with Gasteiger partial charge < -0.3 is 15.2 Å². The van der Waals surface area contributed by atoms with Gasteiger partial charge in [-0.3, -0.25) is 0 Å². The van der Waals surface area contributed by atoms with E-state index in [0.29, 0.717) is 23.0 Å². The van der Waals surface area contributed by atoms with E-state index in [4.69, 9.17) is 4.52 Å². The van der Waals surface area contributed by atoms with Gasteiger partial charge in [0.1, 0.15) is 17.7 Å². The third kappa shape index (κ3) is 2.83. The summed E-state index contributed by atoms with van der Waals surface area (Å²) in [6.07, 6.45) is 3.65. The van der Waals surface area contributed by atoms with E-state index in [1.807, 2.05) is 19.1 Å². The zero-order valence-electron chi connectivity index (χ0n) is 12.9. The number of carbonyl (C=O) groups is 1. The summed E-state index contributed by atoms with van der Waals surface area (Å²) < 4.78 is 6.85. The third-order valence-electron chi connectivity index (χ3n) is 3.81. The van der Waals surface area contributed by atoms with Crippen LogP contribution in [-0.4, -0.2) is 31.4 Å². The highest BCUT2D eigenvalue weighted by Gasteiger charge is 2.32. The van der Waals surface area contributed by atoms with Gasteiger partial charge in [0.15, 0.2) is 5.76 Å². The van der Waals surface area contributed by atoms with E-state index in [1.54, 1.807) is 12.1 Å². The Labute approximate surface area is 137 Å². The highest BCUT2D eigenvalue weighted by molar-refractivity contribution is 6.00. The molecule has 0 radical (unpaired) electrons. The normalized spacial score (nSPS) is 13.7. The quantitative estimate of drug-likeness (QED) is 0.762. The molecule has 2 aromatic heterocycles. The summed E-state index contributed by atoms with van der Waals surface area (Å²) in [6, 6.07) is 6.84. The van der Waals surface area contributed by atoms with E-state index in [1.165, 1.54) is 11.0 Å². The molecule has 3 aromatic rings. The number of nitrogens with one attached hydrogen (secondary N) is 2. The fraction of sp³-hybridized carbons (Fsp3) is 0.267. The Morgan fingerprint density at radius 1 is 1.25 bits per heavy atom. The van der Waals surface area contributed by atoms with Gasteiger partial charge in [0.25, 0.3) is 0 Å². The maximum Gasteiger partial charge on any atom is 0.323 e. The summed E-state index contributed by atoms with van der Waals surface area (Å²) >= 11 is 0. The van der Waals surface area contributed by atoms with Crippen LogP contribution in [0.25, 0.3) is 5.69 Å². The molecule has 2 amide bonds. The first-order valence-corrected chi connectivity index (χ1v) is 7.58. The topological polar surface area (TPSA) is 111 Å². The van der Waals surface area contributed by atoms with Crippen molar-refractivity contribution in [1.29, 1.82) is 0 Å². The van der Waals surface area contributed by atoms with Crippen molar-refractivity contribution in [3.8, 4) is 5.69 Å². The minimum atomic E-state index is -0.335. The number of anilines is 2. The number of rotatable bonds is 4. The molecule has 9 heteroatoms. The minimum absolute atomic E-state index is 0.335. The van der Waals surface area contributed by atoms with Gasteiger partial charge in [0.05, 0.1) is 5.69 Å². The van der Waals surface area contributed by atoms with Crippen LogP contribution in [0.4, 0.5) is 16.2 Å². The van der Waals surface area contributed by atoms with E-state index in [-0.39, 0.29) is 6.03 Å². The summed E-state index contributed by atoms with van der Waals surface area (Å²) in [5.74, 6) is 1.13. The van der Waals surface area contributed by atoms with Crippen LogP contribution in [0, 0.1) is 6.92 Å². The molecule has 9 nitrogen and oxygen atoms in total. The summed E-state index contributed by atoms with van der Waals surface area (Å²) in [5.41, 5.74) is 2.81. The molecule has 1 aromatic carbocycles. The van der Waals surface area contributed by atoms with Crippen molar-refractivity contribution in [2.24, 2.45) is 0 Å². The molecule has 0 unspecified atom stereocenters. The van der Waals surface area contributed by atoms with E-state index >= 15 is 0 Å². The van der Waals surface area contributed by atoms with Crippen LogP contribution in [0.1, 0.15) is 30.2 Å². The van der Waals surface area contributed by atoms with Crippen molar-refractivity contribution >= 4 is 17.4 Å². The molecule has 1 saturated carbocycles. The average molecular weight is 325 g/mol. The van der Waals surface area contributed by atoms with Gasteiger partial charge in [-0.05, 0) is 54.5 Å². The maximum atomic E-state index is 12.2. The standard InChI is InChI=1S/C15H15N7O2/c1-9-13(14(24-19-9)10-2-3-10)18-15(23)17-11-4-6-12(7-5-11)22-8-16-20-21-22/h4-8,10H,2-3H2,1H3,(H2,17,18,23). The van der Waals surface area contributed by atoms with Gasteiger partial charge in [-0.2, -0.15) is 0 Å². The fourth-order valence-electron chi connectivity index (χ4n) is 2.42. The van der Waals surface area contributed by atoms with E-state index < -0.39 is 0 Å². The zero-order chi connectivity index (χ0) is 16.5. The number of aromatic nitrogens is 5. The second kappa shape index (κ2) is 5.76. The van der Waals surface area contributed by atoms with Crippen molar-refractivity contribution in [3.05, 3.63) is 42.0 Å². The molecule has 122 valence electrons. The average Bonchev–Trinajstić information content (AvgIpc) is 3.14. The Kier molecular flexibility index (Phi) is 3.45. The number of hydrogen-bond acceptors (Lipinski definition) is 6. The summed E-state index contributed by atoms with van der Waals surface area (Å²) in [7, 11) is 0. The molecule has 1 aliphatic carbocycles. The third-order valence-corrected chi connectivity index (χ3v) is 3.81. The van der Waals surface area contributed by atoms with Crippen molar-refractivity contribution in [1.82, 2.24) is 25.4 Å². The van der Waals surface area contributed by atoms with Crippen LogP contribution in [0.2, 0.25) is 0 Å². The van der Waals surface area contributed by atoms with Crippen molar-refractivity contribution in [2.75, 3.05) is 10.6 Å². The number of nitrogens with zero attached hydrogens (tertiary/aromatic N) is 5. The number of benzene rings is 1. The molecule has 0 bridgehead atoms. The monoisotopic (exact) mass is 325 g/mol. The molecule has 2 heterocycles. The SMILES string of the molecule is Cc1noc(C2CC2)c1NC(=O)Nc1ccc(-n2cnnn2)cc1. The molecule has 0 saturated heterocycles. The van der Waals surface area contributed by atoms with Crippen molar-refractivity contribution < 1.29 is 9.32 Å². The lowest BCUT2D eigenvalue weighted by Gasteiger charge is -2.08. The van der Waals surface area contributed by atoms with E-state index in [0.717, 1.165) is 24.3 Å². The molecule has 4 rings (SSSR count). The fourth-order valence-corrected chi connectivity index (χ4v) is 2.42. The van der Waals surface area contributed by atoms with Crippen molar-refractivity contribution in [2.45, 2.75) is 25.7 Å². The second-order valence-corrected chi connectivity index (χ2v) is 5.66. The van der Waals surface area contributed by atoms with Crippen LogP contribution in [-0.2, 0) is 0 Å². The van der Waals surface area contributed by atoms with Gasteiger partial charge in [-0.25, -0.2) is 9.48 Å². The summed E-state index contributed by atoms with van der Waals surface area (Å²) in [4.78, 5) is 12.2. The van der Waals surface area contributed by atoms with Crippen LogP contribution in [0.5, 0.6) is 0 Å². The predicted molar refractivity (Wildman–Crippen MR) is 85.0 cm³/mol. The Bertz CT molecular complexity index is 851. The highest BCUT2D eigenvalue weighted by Crippen LogP contribution is 2.44. The number of aryl methyl sites for hydroxylation is 1. The zero-order valence-corrected chi connectivity index (χ0v) is 12.9. The number of tetrazole rings is 1. The first-order chi connectivity index (χ1) is 11.7. The summed E-state index contributed by atoms with van der Waals surface area (Å²) in [6.45, 7) is 1.81. The van der Waals surface area contributed by atoms with Gasteiger partial charge in [-0.15, -0.1) is 5.10 Å². The van der Waals surface area contributed by atoms with E-state index in [2.05, 4.69) is 31.3 Å². The molecular formula is C15H15N7O2. The van der Waals surface area contributed by atoms with Gasteiger partial charge >= 0.3 is 6.03 Å². The molecule has 0 atom stereocenters. The smallest absolute Gasteiger partial charge is 0.323 e. The van der Waals surface area contributed by atoms with Crippen LogP contribution < -0.4 is 10.6 Å². The molecular weight excluding hydrogens is 310 g/mol. The maximum absolute atomic E-state index is 12.2. The molecule has 2 N–H and O–H groups in total. The molecule has 1 fully saturated rings. The molecule has 0 spiro atoms. The Morgan fingerprint density at radius 2 is 2.04 bits per heavy atom. The van der Waals surface area contributed by atoms with E-state index in [9.17, 15) is 4.79 Å². The number of hydrogen-bond donors (Lipinski definition) is 2. The van der Waals surface area contributed by atoms with Crippen molar-refractivity contribution in [3.63, 3.8) is 0 Å². The predicted octanol–water partition coefficient (Wildman–Crippen LogP) is 2.48. The second-order valence-electron chi connectivity index (χ2n) is 5.66. The molecule has 1 aliphatic rings. The van der Waals surface area contributed by atoms with Crippen LogP contribution in [0.3, 0.4) is 0 Å². The van der Waals surface area contributed by atoms with Gasteiger partial charge in [-0.1, -0.05) is 5.16 Å². The van der Waals surface area contributed by atoms with Crippen LogP contribution >= 0.6 is 0 Å².